The van der Waals surface area contributed by atoms with E-state index in [4.69, 9.17) is 11.6 Å². The first-order valence-electron chi connectivity index (χ1n) is 10.2. The van der Waals surface area contributed by atoms with Crippen LogP contribution in [0.15, 0.2) is 77.6 Å². The van der Waals surface area contributed by atoms with Crippen LogP contribution in [-0.4, -0.2) is 4.98 Å². The Morgan fingerprint density at radius 2 is 1.56 bits per heavy atom. The van der Waals surface area contributed by atoms with E-state index in [2.05, 4.69) is 4.98 Å². The zero-order valence-corrected chi connectivity index (χ0v) is 18.1. The largest absolute Gasteiger partial charge is 0.417 e. The number of benzene rings is 3. The van der Waals surface area contributed by atoms with Crippen LogP contribution >= 0.6 is 11.6 Å². The lowest BCUT2D eigenvalue weighted by atomic mass is 10.1. The molecule has 5 rings (SSSR count). The fourth-order valence-electron chi connectivity index (χ4n) is 3.94. The Hall–Kier alpha value is -3.77. The maximum absolute atomic E-state index is 13.6. The minimum absolute atomic E-state index is 0.00580. The molecule has 0 atom stereocenters. The van der Waals surface area contributed by atoms with Crippen LogP contribution in [0.4, 0.5) is 17.6 Å². The van der Waals surface area contributed by atoms with Gasteiger partial charge in [0.05, 0.1) is 21.8 Å². The molecule has 34 heavy (non-hydrogen) atoms. The van der Waals surface area contributed by atoms with Crippen molar-refractivity contribution in [3.05, 3.63) is 111 Å². The summed E-state index contributed by atoms with van der Waals surface area (Å²) in [5.74, 6) is -0.521. The summed E-state index contributed by atoms with van der Waals surface area (Å²) in [5.41, 5.74) is 0.487. The molecule has 0 aliphatic rings. The summed E-state index contributed by atoms with van der Waals surface area (Å²) in [6.07, 6.45) is -1.09. The van der Waals surface area contributed by atoms with Crippen LogP contribution in [0.1, 0.15) is 16.8 Å². The molecule has 0 saturated carbocycles. The third-order valence-corrected chi connectivity index (χ3v) is 5.90. The highest BCUT2D eigenvalue weighted by atomic mass is 35.5. The topological polar surface area (TPSA) is 30.0 Å². The summed E-state index contributed by atoms with van der Waals surface area (Å²) in [6, 6.07) is 17.8. The number of fused-ring (bicyclic) bond motifs is 3. The van der Waals surface area contributed by atoms with Gasteiger partial charge in [-0.05, 0) is 52.7 Å². The summed E-state index contributed by atoms with van der Waals surface area (Å²) in [4.78, 5) is 17.6. The van der Waals surface area contributed by atoms with E-state index in [1.54, 1.807) is 42.5 Å². The summed E-state index contributed by atoms with van der Waals surface area (Å²) < 4.78 is 54.0. The van der Waals surface area contributed by atoms with Gasteiger partial charge < -0.3 is 0 Å². The van der Waals surface area contributed by atoms with Gasteiger partial charge in [0.15, 0.2) is 5.43 Å². The van der Waals surface area contributed by atoms with Gasteiger partial charge in [-0.15, -0.1) is 0 Å². The molecule has 0 bridgehead atoms. The standard InChI is InChI=1S/C27H14ClF4NO/c28-23-14-25-17(13-24(23)29)7-10-18(33-25)9-5-15-4-6-16-8-11-19-20(26(34)21(16)12-15)2-1-3-22(19)27(30,31)32/h1-14H. The lowest BCUT2D eigenvalue weighted by molar-refractivity contribution is -0.136. The molecule has 0 unspecified atom stereocenters. The first-order chi connectivity index (χ1) is 16.2. The van der Waals surface area contributed by atoms with E-state index < -0.39 is 23.0 Å². The van der Waals surface area contributed by atoms with Gasteiger partial charge in [-0.3, -0.25) is 4.79 Å². The molecule has 5 aromatic rings. The van der Waals surface area contributed by atoms with Gasteiger partial charge >= 0.3 is 6.18 Å². The van der Waals surface area contributed by atoms with Gasteiger partial charge in [0.1, 0.15) is 5.82 Å². The van der Waals surface area contributed by atoms with Crippen molar-refractivity contribution in [3.63, 3.8) is 0 Å². The minimum atomic E-state index is -4.57. The Labute approximate surface area is 195 Å². The van der Waals surface area contributed by atoms with Crippen molar-refractivity contribution in [3.8, 4) is 0 Å². The lowest BCUT2D eigenvalue weighted by Gasteiger charge is -2.08. The van der Waals surface area contributed by atoms with Crippen LogP contribution in [0.3, 0.4) is 0 Å². The summed E-state index contributed by atoms with van der Waals surface area (Å²) in [6.45, 7) is 0. The number of pyridine rings is 1. The first kappa shape index (κ1) is 22.0. The van der Waals surface area contributed by atoms with Crippen molar-refractivity contribution >= 4 is 56.2 Å². The molecule has 0 spiro atoms. The molecule has 0 fully saturated rings. The number of alkyl halides is 3. The molecular weight excluding hydrogens is 466 g/mol. The van der Waals surface area contributed by atoms with E-state index in [1.807, 2.05) is 0 Å². The number of aromatic nitrogens is 1. The molecule has 0 amide bonds. The maximum atomic E-state index is 13.6. The van der Waals surface area contributed by atoms with Gasteiger partial charge in [-0.2, -0.15) is 13.2 Å². The average molecular weight is 480 g/mol. The monoisotopic (exact) mass is 479 g/mol. The Balaban J connectivity index is 1.60. The van der Waals surface area contributed by atoms with Crippen LogP contribution in [-0.2, 0) is 6.18 Å². The third-order valence-electron chi connectivity index (χ3n) is 5.61. The van der Waals surface area contributed by atoms with Crippen molar-refractivity contribution < 1.29 is 17.6 Å². The molecule has 1 heterocycles. The molecule has 0 radical (unpaired) electrons. The molecule has 1 aromatic heterocycles. The second-order valence-corrected chi connectivity index (χ2v) is 8.21. The maximum Gasteiger partial charge on any atom is 0.417 e. The summed E-state index contributed by atoms with van der Waals surface area (Å²) >= 11 is 5.85. The molecule has 0 aliphatic heterocycles. The fourth-order valence-corrected chi connectivity index (χ4v) is 4.09. The van der Waals surface area contributed by atoms with Crippen molar-refractivity contribution in [2.24, 2.45) is 0 Å². The summed E-state index contributed by atoms with van der Waals surface area (Å²) in [5, 5.41) is 1.30. The second kappa shape index (κ2) is 8.22. The van der Waals surface area contributed by atoms with Crippen LogP contribution in [0, 0.1) is 5.82 Å². The highest BCUT2D eigenvalue weighted by Crippen LogP contribution is 2.34. The predicted octanol–water partition coefficient (Wildman–Crippen LogP) is 7.88. The van der Waals surface area contributed by atoms with Crippen LogP contribution in [0.5, 0.6) is 0 Å². The summed E-state index contributed by atoms with van der Waals surface area (Å²) in [7, 11) is 0. The predicted molar refractivity (Wildman–Crippen MR) is 128 cm³/mol. The molecular formula is C27H14ClF4NO. The number of nitrogens with zero attached hydrogens (tertiary/aromatic N) is 1. The Kier molecular flexibility index (Phi) is 5.33. The van der Waals surface area contributed by atoms with Crippen LogP contribution in [0.2, 0.25) is 5.02 Å². The van der Waals surface area contributed by atoms with Gasteiger partial charge in [-0.1, -0.05) is 60.1 Å². The number of rotatable bonds is 2. The molecule has 0 saturated heterocycles. The fraction of sp³-hybridized carbons (Fsp3) is 0.0370. The van der Waals surface area contributed by atoms with E-state index in [9.17, 15) is 22.4 Å². The van der Waals surface area contributed by atoms with Crippen LogP contribution in [0.25, 0.3) is 44.6 Å². The van der Waals surface area contributed by atoms with Crippen molar-refractivity contribution in [2.75, 3.05) is 0 Å². The van der Waals surface area contributed by atoms with E-state index in [1.165, 1.54) is 36.4 Å². The molecule has 2 nitrogen and oxygen atoms in total. The SMILES string of the molecule is O=c1c2cc(C=Cc3ccc4cc(F)c(Cl)cc4n3)ccc2ccc2c(C(F)(F)F)cccc12. The van der Waals surface area contributed by atoms with Crippen LogP contribution < -0.4 is 5.43 Å². The molecule has 0 aliphatic carbocycles. The lowest BCUT2D eigenvalue weighted by Crippen LogP contribution is -2.07. The van der Waals surface area contributed by atoms with E-state index in [0.29, 0.717) is 32.9 Å². The number of halogens is 5. The molecule has 7 heteroatoms. The normalized spacial score (nSPS) is 12.3. The Morgan fingerprint density at radius 1 is 0.794 bits per heavy atom. The zero-order chi connectivity index (χ0) is 24.0. The first-order valence-corrected chi connectivity index (χ1v) is 10.6. The highest BCUT2D eigenvalue weighted by molar-refractivity contribution is 6.31. The van der Waals surface area contributed by atoms with E-state index in [0.717, 1.165) is 6.07 Å². The van der Waals surface area contributed by atoms with Gasteiger partial charge in [-0.25, -0.2) is 9.37 Å². The zero-order valence-electron chi connectivity index (χ0n) is 17.3. The van der Waals surface area contributed by atoms with Gasteiger partial charge in [0.2, 0.25) is 0 Å². The highest BCUT2D eigenvalue weighted by Gasteiger charge is 2.32. The quantitative estimate of drug-likeness (QED) is 0.241. The van der Waals surface area contributed by atoms with Crippen molar-refractivity contribution in [1.29, 1.82) is 0 Å². The molecule has 168 valence electrons. The van der Waals surface area contributed by atoms with Crippen molar-refractivity contribution in [1.82, 2.24) is 4.98 Å². The average Bonchev–Trinajstić information content (AvgIpc) is 2.94. The Bertz CT molecular complexity index is 1690. The molecule has 0 N–H and O–H groups in total. The Morgan fingerprint density at radius 3 is 2.35 bits per heavy atom. The van der Waals surface area contributed by atoms with Gasteiger partial charge in [0, 0.05) is 16.2 Å². The minimum Gasteiger partial charge on any atom is -0.289 e. The third kappa shape index (κ3) is 4.01. The van der Waals surface area contributed by atoms with Crippen molar-refractivity contribution in [2.45, 2.75) is 6.18 Å². The van der Waals surface area contributed by atoms with E-state index in [-0.39, 0.29) is 15.8 Å². The second-order valence-electron chi connectivity index (χ2n) is 7.80. The van der Waals surface area contributed by atoms with E-state index >= 15 is 0 Å². The number of hydrogen-bond acceptors (Lipinski definition) is 2. The van der Waals surface area contributed by atoms with Gasteiger partial charge in [0.25, 0.3) is 0 Å². The number of hydrogen-bond donors (Lipinski definition) is 0. The molecule has 4 aromatic carbocycles. The smallest absolute Gasteiger partial charge is 0.289 e.